The number of benzene rings is 2. The van der Waals surface area contributed by atoms with Gasteiger partial charge in [-0.2, -0.15) is 0 Å². The van der Waals surface area contributed by atoms with E-state index in [0.29, 0.717) is 28.5 Å². The van der Waals surface area contributed by atoms with Crippen molar-refractivity contribution in [2.24, 2.45) is 0 Å². The number of hydrogen-bond donors (Lipinski definition) is 3. The highest BCUT2D eigenvalue weighted by Crippen LogP contribution is 2.26. The topological polar surface area (TPSA) is 75.5 Å². The zero-order valence-electron chi connectivity index (χ0n) is 14.5. The lowest BCUT2D eigenvalue weighted by atomic mass is 10.1. The van der Waals surface area contributed by atoms with Crippen LogP contribution >= 0.6 is 23.8 Å². The first-order valence-corrected chi connectivity index (χ1v) is 9.08. The molecule has 0 aliphatic heterocycles. The van der Waals surface area contributed by atoms with Crippen molar-refractivity contribution in [1.82, 2.24) is 10.9 Å². The predicted molar refractivity (Wildman–Crippen MR) is 110 cm³/mol. The van der Waals surface area contributed by atoms with Gasteiger partial charge in [0.1, 0.15) is 5.58 Å². The molecular formula is C19H18ClN3O3S. The number of ether oxygens (including phenoxy) is 1. The van der Waals surface area contributed by atoms with Crippen LogP contribution in [0.2, 0.25) is 5.02 Å². The molecule has 0 aliphatic rings. The summed E-state index contributed by atoms with van der Waals surface area (Å²) in [5, 5.41) is 4.57. The molecule has 3 aromatic rings. The lowest BCUT2D eigenvalue weighted by Crippen LogP contribution is -2.43. The quantitative estimate of drug-likeness (QED) is 0.436. The maximum absolute atomic E-state index is 12.6. The minimum absolute atomic E-state index is 0.183. The summed E-state index contributed by atoms with van der Waals surface area (Å²) in [7, 11) is 0. The number of halogens is 1. The molecule has 0 saturated carbocycles. The fraction of sp³-hybridized carbons (Fsp3) is 0.158. The molecule has 1 heterocycles. The lowest BCUT2D eigenvalue weighted by Gasteiger charge is -2.11. The summed E-state index contributed by atoms with van der Waals surface area (Å²) in [5.74, 6) is -0.265. The average Bonchev–Trinajstić information content (AvgIpc) is 3.03. The number of hydrogen-bond acceptors (Lipinski definition) is 4. The van der Waals surface area contributed by atoms with E-state index in [1.165, 1.54) is 0 Å². The molecule has 6 nitrogen and oxygen atoms in total. The van der Waals surface area contributed by atoms with Crippen molar-refractivity contribution in [2.75, 3.05) is 11.9 Å². The molecular weight excluding hydrogens is 386 g/mol. The summed E-state index contributed by atoms with van der Waals surface area (Å²) in [5.41, 5.74) is 7.21. The van der Waals surface area contributed by atoms with E-state index in [2.05, 4.69) is 16.2 Å². The van der Waals surface area contributed by atoms with Gasteiger partial charge in [0.2, 0.25) is 0 Å². The van der Waals surface area contributed by atoms with Crippen LogP contribution < -0.4 is 16.2 Å². The van der Waals surface area contributed by atoms with Crippen molar-refractivity contribution in [3.05, 3.63) is 64.9 Å². The van der Waals surface area contributed by atoms with Gasteiger partial charge >= 0.3 is 5.91 Å². The van der Waals surface area contributed by atoms with Crippen LogP contribution in [0, 0.1) is 0 Å². The van der Waals surface area contributed by atoms with Crippen LogP contribution in [0.15, 0.2) is 52.9 Å². The molecule has 0 saturated heterocycles. The van der Waals surface area contributed by atoms with Gasteiger partial charge in [0.05, 0.1) is 6.61 Å². The van der Waals surface area contributed by atoms with Crippen molar-refractivity contribution in [2.45, 2.75) is 13.5 Å². The molecule has 140 valence electrons. The Morgan fingerprint density at radius 3 is 2.78 bits per heavy atom. The van der Waals surface area contributed by atoms with E-state index in [1.807, 2.05) is 25.1 Å². The van der Waals surface area contributed by atoms with Crippen molar-refractivity contribution >= 4 is 51.5 Å². The van der Waals surface area contributed by atoms with Gasteiger partial charge in [-0.1, -0.05) is 35.9 Å². The number of thiocarbonyl (C=S) groups is 1. The maximum Gasteiger partial charge on any atom is 0.305 e. The van der Waals surface area contributed by atoms with E-state index >= 15 is 0 Å². The van der Waals surface area contributed by atoms with E-state index in [1.54, 1.807) is 30.3 Å². The molecule has 2 aromatic carbocycles. The summed E-state index contributed by atoms with van der Waals surface area (Å²) < 4.78 is 11.2. The Kier molecular flexibility index (Phi) is 6.28. The number of para-hydroxylation sites is 1. The number of fused-ring (bicyclic) bond motifs is 1. The summed E-state index contributed by atoms with van der Waals surface area (Å²) in [6, 6.07) is 14.5. The molecule has 0 atom stereocenters. The van der Waals surface area contributed by atoms with Crippen LogP contribution in [0.1, 0.15) is 23.0 Å². The third-order valence-corrected chi connectivity index (χ3v) is 4.17. The first-order chi connectivity index (χ1) is 13.1. The number of nitrogens with one attached hydrogen (secondary N) is 3. The van der Waals surface area contributed by atoms with Gasteiger partial charge in [-0.05, 0) is 43.4 Å². The van der Waals surface area contributed by atoms with E-state index < -0.39 is 5.91 Å². The van der Waals surface area contributed by atoms with Gasteiger partial charge in [0.25, 0.3) is 0 Å². The van der Waals surface area contributed by atoms with Crippen molar-refractivity contribution in [3.63, 3.8) is 0 Å². The molecule has 0 fully saturated rings. The molecule has 27 heavy (non-hydrogen) atoms. The molecule has 8 heteroatoms. The number of furan rings is 1. The summed E-state index contributed by atoms with van der Waals surface area (Å²) in [6.45, 7) is 2.71. The average molecular weight is 404 g/mol. The first-order valence-electron chi connectivity index (χ1n) is 8.29. The molecule has 3 N–H and O–H groups in total. The Morgan fingerprint density at radius 1 is 1.19 bits per heavy atom. The Morgan fingerprint density at radius 2 is 2.00 bits per heavy atom. The Labute approximate surface area is 166 Å². The number of rotatable bonds is 5. The lowest BCUT2D eigenvalue weighted by molar-refractivity contribution is 0.0905. The minimum atomic E-state index is -0.448. The van der Waals surface area contributed by atoms with Gasteiger partial charge in [0.15, 0.2) is 10.9 Å². The van der Waals surface area contributed by atoms with Crippen LogP contribution in [0.3, 0.4) is 0 Å². The number of anilines is 1. The Bertz CT molecular complexity index is 974. The van der Waals surface area contributed by atoms with Gasteiger partial charge in [-0.15, -0.1) is 0 Å². The minimum Gasteiger partial charge on any atom is -0.450 e. The van der Waals surface area contributed by atoms with Gasteiger partial charge < -0.3 is 14.5 Å². The smallest absolute Gasteiger partial charge is 0.305 e. The maximum atomic E-state index is 12.6. The zero-order valence-corrected chi connectivity index (χ0v) is 16.1. The molecule has 1 amide bonds. The van der Waals surface area contributed by atoms with Gasteiger partial charge in [0, 0.05) is 28.3 Å². The molecule has 0 aliphatic carbocycles. The van der Waals surface area contributed by atoms with Crippen LogP contribution in [0.4, 0.5) is 5.69 Å². The predicted octanol–water partition coefficient (Wildman–Crippen LogP) is 4.25. The number of hydrazine groups is 1. The highest BCUT2D eigenvalue weighted by Gasteiger charge is 2.20. The number of carbonyl (C=O) groups excluding carboxylic acids is 1. The molecule has 0 unspecified atom stereocenters. The highest BCUT2D eigenvalue weighted by molar-refractivity contribution is 7.80. The second-order valence-corrected chi connectivity index (χ2v) is 6.43. The zero-order chi connectivity index (χ0) is 19.2. The summed E-state index contributed by atoms with van der Waals surface area (Å²) >= 11 is 11.1. The SMILES string of the molecule is CCOCc1c(C(=O)NNC(=S)Nc2cccc(Cl)c2)oc2ccccc12. The van der Waals surface area contributed by atoms with Gasteiger partial charge in [-0.3, -0.25) is 15.6 Å². The van der Waals surface area contributed by atoms with Crippen molar-refractivity contribution in [1.29, 1.82) is 0 Å². The van der Waals surface area contributed by atoms with Crippen molar-refractivity contribution < 1.29 is 13.9 Å². The van der Waals surface area contributed by atoms with Crippen LogP contribution in [0.25, 0.3) is 11.0 Å². The monoisotopic (exact) mass is 403 g/mol. The van der Waals surface area contributed by atoms with E-state index in [9.17, 15) is 4.79 Å². The standard InChI is InChI=1S/C19H18ClN3O3S/c1-2-25-11-15-14-8-3-4-9-16(14)26-17(15)18(24)22-23-19(27)21-13-7-5-6-12(20)10-13/h3-10H,2,11H2,1H3,(H,22,24)(H2,21,23,27). The third kappa shape index (κ3) is 4.77. The molecule has 3 rings (SSSR count). The Balaban J connectivity index is 1.69. The second kappa shape index (κ2) is 8.85. The van der Waals surface area contributed by atoms with Crippen molar-refractivity contribution in [3.8, 4) is 0 Å². The van der Waals surface area contributed by atoms with E-state index in [0.717, 1.165) is 5.39 Å². The van der Waals surface area contributed by atoms with Crippen LogP contribution in [-0.2, 0) is 11.3 Å². The second-order valence-electron chi connectivity index (χ2n) is 5.59. The number of carbonyl (C=O) groups is 1. The van der Waals surface area contributed by atoms with E-state index in [4.69, 9.17) is 33.0 Å². The largest absolute Gasteiger partial charge is 0.450 e. The highest BCUT2D eigenvalue weighted by atomic mass is 35.5. The fourth-order valence-electron chi connectivity index (χ4n) is 2.53. The summed E-state index contributed by atoms with van der Waals surface area (Å²) in [6.07, 6.45) is 0. The fourth-order valence-corrected chi connectivity index (χ4v) is 2.89. The molecule has 0 radical (unpaired) electrons. The van der Waals surface area contributed by atoms with Gasteiger partial charge in [-0.25, -0.2) is 0 Å². The van der Waals surface area contributed by atoms with Crippen LogP contribution in [-0.4, -0.2) is 17.6 Å². The Hall–Kier alpha value is -2.61. The van der Waals surface area contributed by atoms with Crippen LogP contribution in [0.5, 0.6) is 0 Å². The normalized spacial score (nSPS) is 10.6. The third-order valence-electron chi connectivity index (χ3n) is 3.73. The molecule has 0 spiro atoms. The number of amides is 1. The van der Waals surface area contributed by atoms with E-state index in [-0.39, 0.29) is 17.5 Å². The molecule has 0 bridgehead atoms. The summed E-state index contributed by atoms with van der Waals surface area (Å²) in [4.78, 5) is 12.6. The molecule has 1 aromatic heterocycles. The first kappa shape index (κ1) is 19.2.